The van der Waals surface area contributed by atoms with Gasteiger partial charge in [-0.15, -0.1) is 0 Å². The SMILES string of the molecule is COc1ccccc1CCNCCC(=O)NCc1ccc(Cl)cc1. The van der Waals surface area contributed by atoms with E-state index in [1.807, 2.05) is 42.5 Å². The van der Waals surface area contributed by atoms with Crippen molar-refractivity contribution in [2.75, 3.05) is 20.2 Å². The Kier molecular flexibility index (Phi) is 7.59. The fourth-order valence-corrected chi connectivity index (χ4v) is 2.48. The van der Waals surface area contributed by atoms with E-state index in [0.717, 1.165) is 24.3 Å². The van der Waals surface area contributed by atoms with E-state index < -0.39 is 0 Å². The Labute approximate surface area is 148 Å². The zero-order chi connectivity index (χ0) is 17.2. The van der Waals surface area contributed by atoms with Crippen LogP contribution in [0.3, 0.4) is 0 Å². The number of ether oxygens (including phenoxy) is 1. The average Bonchev–Trinajstić information content (AvgIpc) is 2.61. The van der Waals surface area contributed by atoms with Crippen LogP contribution in [0.1, 0.15) is 17.5 Å². The summed E-state index contributed by atoms with van der Waals surface area (Å²) in [6, 6.07) is 15.4. The maximum absolute atomic E-state index is 11.8. The number of carbonyl (C=O) groups excluding carboxylic acids is 1. The number of hydrogen-bond acceptors (Lipinski definition) is 3. The van der Waals surface area contributed by atoms with Crippen molar-refractivity contribution >= 4 is 17.5 Å². The lowest BCUT2D eigenvalue weighted by Gasteiger charge is -2.09. The van der Waals surface area contributed by atoms with Gasteiger partial charge in [0.2, 0.25) is 5.91 Å². The van der Waals surface area contributed by atoms with Crippen molar-refractivity contribution < 1.29 is 9.53 Å². The molecule has 0 aromatic heterocycles. The minimum Gasteiger partial charge on any atom is -0.496 e. The first-order valence-corrected chi connectivity index (χ1v) is 8.40. The van der Waals surface area contributed by atoms with Crippen LogP contribution in [-0.4, -0.2) is 26.1 Å². The Morgan fingerprint density at radius 3 is 2.58 bits per heavy atom. The first-order chi connectivity index (χ1) is 11.7. The maximum Gasteiger partial charge on any atom is 0.221 e. The third-order valence-electron chi connectivity index (χ3n) is 3.70. The summed E-state index contributed by atoms with van der Waals surface area (Å²) >= 11 is 5.83. The van der Waals surface area contributed by atoms with Gasteiger partial charge in [-0.25, -0.2) is 0 Å². The van der Waals surface area contributed by atoms with Gasteiger partial charge in [0, 0.05) is 24.5 Å². The molecule has 5 heteroatoms. The van der Waals surface area contributed by atoms with Gasteiger partial charge in [-0.3, -0.25) is 4.79 Å². The number of halogens is 1. The number of hydrogen-bond donors (Lipinski definition) is 2. The van der Waals surface area contributed by atoms with Crippen LogP contribution in [0.2, 0.25) is 5.02 Å². The minimum absolute atomic E-state index is 0.0368. The van der Waals surface area contributed by atoms with E-state index in [9.17, 15) is 4.79 Å². The van der Waals surface area contributed by atoms with Gasteiger partial charge in [0.05, 0.1) is 7.11 Å². The molecule has 2 N–H and O–H groups in total. The van der Waals surface area contributed by atoms with Crippen molar-refractivity contribution in [2.45, 2.75) is 19.4 Å². The maximum atomic E-state index is 11.8. The van der Waals surface area contributed by atoms with Crippen molar-refractivity contribution in [1.82, 2.24) is 10.6 Å². The van der Waals surface area contributed by atoms with Gasteiger partial charge in [0.1, 0.15) is 5.75 Å². The van der Waals surface area contributed by atoms with E-state index in [4.69, 9.17) is 16.3 Å². The fraction of sp³-hybridized carbons (Fsp3) is 0.316. The van der Waals surface area contributed by atoms with Gasteiger partial charge in [0.15, 0.2) is 0 Å². The largest absolute Gasteiger partial charge is 0.496 e. The molecular weight excluding hydrogens is 324 g/mol. The second-order valence-corrected chi connectivity index (χ2v) is 5.90. The van der Waals surface area contributed by atoms with E-state index in [0.29, 0.717) is 24.5 Å². The van der Waals surface area contributed by atoms with Gasteiger partial charge in [0.25, 0.3) is 0 Å². The highest BCUT2D eigenvalue weighted by Crippen LogP contribution is 2.17. The molecule has 128 valence electrons. The van der Waals surface area contributed by atoms with Crippen molar-refractivity contribution in [2.24, 2.45) is 0 Å². The van der Waals surface area contributed by atoms with Crippen LogP contribution < -0.4 is 15.4 Å². The minimum atomic E-state index is 0.0368. The van der Waals surface area contributed by atoms with Crippen LogP contribution in [0.25, 0.3) is 0 Å². The van der Waals surface area contributed by atoms with E-state index in [1.54, 1.807) is 7.11 Å². The quantitative estimate of drug-likeness (QED) is 0.686. The molecule has 0 bridgehead atoms. The zero-order valence-electron chi connectivity index (χ0n) is 13.8. The number of amides is 1. The molecule has 2 aromatic rings. The average molecular weight is 347 g/mol. The normalized spacial score (nSPS) is 10.4. The molecule has 0 fully saturated rings. The predicted octanol–water partition coefficient (Wildman–Crippen LogP) is 3.19. The summed E-state index contributed by atoms with van der Waals surface area (Å²) in [5.74, 6) is 0.940. The third-order valence-corrected chi connectivity index (χ3v) is 3.95. The van der Waals surface area contributed by atoms with Crippen molar-refractivity contribution in [3.63, 3.8) is 0 Å². The highest BCUT2D eigenvalue weighted by Gasteiger charge is 2.03. The lowest BCUT2D eigenvalue weighted by molar-refractivity contribution is -0.121. The van der Waals surface area contributed by atoms with Crippen LogP contribution in [0.15, 0.2) is 48.5 Å². The molecular formula is C19H23ClN2O2. The third kappa shape index (κ3) is 6.22. The summed E-state index contributed by atoms with van der Waals surface area (Å²) in [4.78, 5) is 11.8. The monoisotopic (exact) mass is 346 g/mol. The van der Waals surface area contributed by atoms with Crippen LogP contribution in [0.4, 0.5) is 0 Å². The molecule has 0 spiro atoms. The molecule has 24 heavy (non-hydrogen) atoms. The van der Waals surface area contributed by atoms with E-state index in [-0.39, 0.29) is 5.91 Å². The number of rotatable bonds is 9. The number of nitrogens with one attached hydrogen (secondary N) is 2. The van der Waals surface area contributed by atoms with Gasteiger partial charge >= 0.3 is 0 Å². The molecule has 1 amide bonds. The molecule has 0 aliphatic rings. The predicted molar refractivity (Wildman–Crippen MR) is 97.5 cm³/mol. The van der Waals surface area contributed by atoms with Crippen molar-refractivity contribution in [1.29, 1.82) is 0 Å². The highest BCUT2D eigenvalue weighted by molar-refractivity contribution is 6.30. The standard InChI is InChI=1S/C19H23ClN2O2/c1-24-18-5-3-2-4-16(18)10-12-21-13-11-19(23)22-14-15-6-8-17(20)9-7-15/h2-9,21H,10-14H2,1H3,(H,22,23). The van der Waals surface area contributed by atoms with Crippen LogP contribution in [0, 0.1) is 0 Å². The van der Waals surface area contributed by atoms with E-state index in [1.165, 1.54) is 5.56 Å². The van der Waals surface area contributed by atoms with Gasteiger partial charge in [-0.1, -0.05) is 41.9 Å². The molecule has 0 saturated heterocycles. The molecule has 0 atom stereocenters. The van der Waals surface area contributed by atoms with Gasteiger partial charge in [-0.05, 0) is 42.3 Å². The lowest BCUT2D eigenvalue weighted by Crippen LogP contribution is -2.28. The number of carbonyl (C=O) groups is 1. The summed E-state index contributed by atoms with van der Waals surface area (Å²) in [6.07, 6.45) is 1.33. The smallest absolute Gasteiger partial charge is 0.221 e. The molecule has 2 rings (SSSR count). The number of benzene rings is 2. The topological polar surface area (TPSA) is 50.4 Å². The van der Waals surface area contributed by atoms with Crippen LogP contribution in [0.5, 0.6) is 5.75 Å². The van der Waals surface area contributed by atoms with Crippen molar-refractivity contribution in [3.8, 4) is 5.75 Å². The molecule has 0 aliphatic heterocycles. The number of para-hydroxylation sites is 1. The Balaban J connectivity index is 1.60. The summed E-state index contributed by atoms with van der Waals surface area (Å²) in [7, 11) is 1.68. The number of methoxy groups -OCH3 is 1. The van der Waals surface area contributed by atoms with E-state index >= 15 is 0 Å². The second-order valence-electron chi connectivity index (χ2n) is 5.47. The summed E-state index contributed by atoms with van der Waals surface area (Å²) < 4.78 is 5.32. The molecule has 0 heterocycles. The summed E-state index contributed by atoms with van der Waals surface area (Å²) in [5, 5.41) is 6.89. The van der Waals surface area contributed by atoms with Crippen molar-refractivity contribution in [3.05, 3.63) is 64.7 Å². The highest BCUT2D eigenvalue weighted by atomic mass is 35.5. The van der Waals surface area contributed by atoms with E-state index in [2.05, 4.69) is 16.7 Å². The van der Waals surface area contributed by atoms with Gasteiger partial charge in [-0.2, -0.15) is 0 Å². The molecule has 0 saturated carbocycles. The summed E-state index contributed by atoms with van der Waals surface area (Å²) in [6.45, 7) is 1.99. The summed E-state index contributed by atoms with van der Waals surface area (Å²) in [5.41, 5.74) is 2.21. The Morgan fingerprint density at radius 1 is 1.08 bits per heavy atom. The molecule has 4 nitrogen and oxygen atoms in total. The zero-order valence-corrected chi connectivity index (χ0v) is 14.6. The Hall–Kier alpha value is -2.04. The molecule has 0 unspecified atom stereocenters. The lowest BCUT2D eigenvalue weighted by atomic mass is 10.1. The second kappa shape index (κ2) is 9.96. The van der Waals surface area contributed by atoms with Gasteiger partial charge < -0.3 is 15.4 Å². The molecule has 2 aromatic carbocycles. The van der Waals surface area contributed by atoms with Crippen LogP contribution >= 0.6 is 11.6 Å². The molecule has 0 aliphatic carbocycles. The Bertz CT molecular complexity index is 644. The first kappa shape index (κ1) is 18.3. The fourth-order valence-electron chi connectivity index (χ4n) is 2.35. The first-order valence-electron chi connectivity index (χ1n) is 8.03. The Morgan fingerprint density at radius 2 is 1.83 bits per heavy atom. The molecule has 0 radical (unpaired) electrons. The van der Waals surface area contributed by atoms with Crippen LogP contribution in [-0.2, 0) is 17.8 Å².